The Kier molecular flexibility index (Phi) is 10.8. The number of carbonyl (C=O) groups is 1. The maximum atomic E-state index is 11.7. The molecule has 22 heavy (non-hydrogen) atoms. The molecule has 0 rings (SSSR count). The quantitative estimate of drug-likeness (QED) is 0.315. The highest BCUT2D eigenvalue weighted by Gasteiger charge is 2.13. The van der Waals surface area contributed by atoms with E-state index in [1.54, 1.807) is 12.2 Å². The molecule has 0 N–H and O–H groups in total. The summed E-state index contributed by atoms with van der Waals surface area (Å²) in [4.78, 5) is 15.7. The summed E-state index contributed by atoms with van der Waals surface area (Å²) in [5.74, 6) is 0.667. The van der Waals surface area contributed by atoms with E-state index in [4.69, 9.17) is 9.47 Å². The molecule has 0 aromatic rings. The zero-order valence-electron chi connectivity index (χ0n) is 13.8. The van der Waals surface area contributed by atoms with E-state index in [0.717, 1.165) is 13.1 Å². The van der Waals surface area contributed by atoms with Crippen LogP contribution in [-0.4, -0.2) is 55.2 Å². The first kappa shape index (κ1) is 20.1. The molecule has 0 spiro atoms. The zero-order chi connectivity index (χ0) is 17.0. The molecule has 0 aliphatic rings. The van der Waals surface area contributed by atoms with Crippen molar-refractivity contribution in [3.63, 3.8) is 0 Å². The van der Waals surface area contributed by atoms with Gasteiger partial charge in [-0.15, -0.1) is 13.2 Å². The Morgan fingerprint density at radius 2 is 1.27 bits per heavy atom. The maximum absolute atomic E-state index is 11.7. The normalized spacial score (nSPS) is 10.4. The van der Waals surface area contributed by atoms with E-state index in [2.05, 4.69) is 26.3 Å². The third-order valence-electron chi connectivity index (χ3n) is 2.92. The molecule has 0 unspecified atom stereocenters. The third-order valence-corrected chi connectivity index (χ3v) is 2.92. The third kappa shape index (κ3) is 9.15. The SMILES string of the molecule is C=CCN(CC)CC(=C)OC(=O)OC(=C)CN(CC)CC=C. The van der Waals surface area contributed by atoms with Gasteiger partial charge in [-0.25, -0.2) is 4.79 Å². The number of hydrogen-bond donors (Lipinski definition) is 0. The number of likely N-dealkylation sites (N-methyl/N-ethyl adjacent to an activating group) is 2. The Labute approximate surface area is 134 Å². The van der Waals surface area contributed by atoms with Crippen LogP contribution in [0.15, 0.2) is 50.0 Å². The van der Waals surface area contributed by atoms with Crippen molar-refractivity contribution in [2.75, 3.05) is 39.3 Å². The van der Waals surface area contributed by atoms with Gasteiger partial charge in [0.2, 0.25) is 0 Å². The summed E-state index contributed by atoms with van der Waals surface area (Å²) in [5, 5.41) is 0. The summed E-state index contributed by atoms with van der Waals surface area (Å²) in [6.45, 7) is 22.7. The first-order chi connectivity index (χ1) is 10.5. The van der Waals surface area contributed by atoms with E-state index in [-0.39, 0.29) is 0 Å². The van der Waals surface area contributed by atoms with Crippen LogP contribution < -0.4 is 0 Å². The van der Waals surface area contributed by atoms with Crippen LogP contribution in [-0.2, 0) is 9.47 Å². The molecule has 0 saturated carbocycles. The zero-order valence-corrected chi connectivity index (χ0v) is 13.8. The van der Waals surface area contributed by atoms with Crippen LogP contribution in [0.25, 0.3) is 0 Å². The second-order valence-electron chi connectivity index (χ2n) is 4.76. The summed E-state index contributed by atoms with van der Waals surface area (Å²) < 4.78 is 10.1. The number of rotatable bonds is 12. The average Bonchev–Trinajstić information content (AvgIpc) is 2.45. The van der Waals surface area contributed by atoms with Gasteiger partial charge in [0, 0.05) is 13.1 Å². The van der Waals surface area contributed by atoms with E-state index in [0.29, 0.717) is 37.7 Å². The van der Waals surface area contributed by atoms with Crippen molar-refractivity contribution in [2.24, 2.45) is 0 Å². The fourth-order valence-corrected chi connectivity index (χ4v) is 1.80. The summed E-state index contributed by atoms with van der Waals surface area (Å²) in [6, 6.07) is 0. The average molecular weight is 308 g/mol. The highest BCUT2D eigenvalue weighted by Crippen LogP contribution is 2.06. The molecule has 0 atom stereocenters. The number of hydrogen-bond acceptors (Lipinski definition) is 5. The van der Waals surface area contributed by atoms with E-state index in [1.165, 1.54) is 0 Å². The topological polar surface area (TPSA) is 42.0 Å². The molecule has 0 heterocycles. The van der Waals surface area contributed by atoms with Crippen molar-refractivity contribution in [1.82, 2.24) is 9.80 Å². The van der Waals surface area contributed by atoms with Gasteiger partial charge in [0.1, 0.15) is 11.5 Å². The monoisotopic (exact) mass is 308 g/mol. The van der Waals surface area contributed by atoms with Gasteiger partial charge < -0.3 is 9.47 Å². The highest BCUT2D eigenvalue weighted by molar-refractivity contribution is 5.62. The van der Waals surface area contributed by atoms with Crippen LogP contribution in [0.3, 0.4) is 0 Å². The van der Waals surface area contributed by atoms with Gasteiger partial charge >= 0.3 is 6.16 Å². The lowest BCUT2D eigenvalue weighted by Crippen LogP contribution is -2.28. The van der Waals surface area contributed by atoms with Gasteiger partial charge in [-0.3, -0.25) is 9.80 Å². The van der Waals surface area contributed by atoms with Gasteiger partial charge in [0.25, 0.3) is 0 Å². The van der Waals surface area contributed by atoms with Crippen molar-refractivity contribution in [1.29, 1.82) is 0 Å². The molecule has 0 aromatic heterocycles. The summed E-state index contributed by atoms with van der Waals surface area (Å²) in [6.07, 6.45) is 2.77. The maximum Gasteiger partial charge on any atom is 0.518 e. The molecular weight excluding hydrogens is 280 g/mol. The Hall–Kier alpha value is -1.85. The standard InChI is InChI=1S/C17H28N2O3/c1-7-11-18(9-3)13-15(5)21-17(20)22-16(6)14-19(10-4)12-8-2/h7-8H,1-2,5-6,9-14H2,3-4H3. The van der Waals surface area contributed by atoms with Gasteiger partial charge in [0.15, 0.2) is 0 Å². The van der Waals surface area contributed by atoms with Crippen molar-refractivity contribution in [3.05, 3.63) is 50.0 Å². The smallest absolute Gasteiger partial charge is 0.398 e. The van der Waals surface area contributed by atoms with Gasteiger partial charge in [-0.05, 0) is 13.1 Å². The molecule has 0 saturated heterocycles. The van der Waals surface area contributed by atoms with E-state index in [9.17, 15) is 4.79 Å². The van der Waals surface area contributed by atoms with Crippen molar-refractivity contribution in [3.8, 4) is 0 Å². The second-order valence-corrected chi connectivity index (χ2v) is 4.76. The van der Waals surface area contributed by atoms with Crippen LogP contribution >= 0.6 is 0 Å². The Morgan fingerprint density at radius 3 is 1.55 bits per heavy atom. The van der Waals surface area contributed by atoms with E-state index >= 15 is 0 Å². The van der Waals surface area contributed by atoms with Crippen LogP contribution in [0.1, 0.15) is 13.8 Å². The predicted octanol–water partition coefficient (Wildman–Crippen LogP) is 3.18. The highest BCUT2D eigenvalue weighted by atomic mass is 16.7. The summed E-state index contributed by atoms with van der Waals surface area (Å²) >= 11 is 0. The van der Waals surface area contributed by atoms with Gasteiger partial charge in [0.05, 0.1) is 13.1 Å². The molecule has 0 radical (unpaired) electrons. The Balaban J connectivity index is 4.20. The first-order valence-electron chi connectivity index (χ1n) is 7.38. The van der Waals surface area contributed by atoms with Crippen LogP contribution in [0.2, 0.25) is 0 Å². The summed E-state index contributed by atoms with van der Waals surface area (Å²) in [5.41, 5.74) is 0. The number of nitrogens with zero attached hydrogens (tertiary/aromatic N) is 2. The van der Waals surface area contributed by atoms with E-state index < -0.39 is 6.16 Å². The summed E-state index contributed by atoms with van der Waals surface area (Å²) in [7, 11) is 0. The molecule has 0 aliphatic carbocycles. The predicted molar refractivity (Wildman–Crippen MR) is 90.5 cm³/mol. The molecule has 0 bridgehead atoms. The number of ether oxygens (including phenoxy) is 2. The minimum atomic E-state index is -0.806. The largest absolute Gasteiger partial charge is 0.518 e. The molecule has 0 fully saturated rings. The van der Waals surface area contributed by atoms with Crippen molar-refractivity contribution < 1.29 is 14.3 Å². The Bertz CT molecular complexity index is 369. The van der Waals surface area contributed by atoms with Crippen molar-refractivity contribution in [2.45, 2.75) is 13.8 Å². The fraction of sp³-hybridized carbons (Fsp3) is 0.471. The Morgan fingerprint density at radius 1 is 0.909 bits per heavy atom. The second kappa shape index (κ2) is 11.8. The van der Waals surface area contributed by atoms with E-state index in [1.807, 2.05) is 23.6 Å². The molecule has 5 nitrogen and oxygen atoms in total. The molecule has 0 aliphatic heterocycles. The lowest BCUT2D eigenvalue weighted by molar-refractivity contribution is 0.0905. The van der Waals surface area contributed by atoms with Crippen LogP contribution in [0.4, 0.5) is 4.79 Å². The molecular formula is C17H28N2O3. The molecule has 124 valence electrons. The van der Waals surface area contributed by atoms with Crippen molar-refractivity contribution >= 4 is 6.16 Å². The van der Waals surface area contributed by atoms with Crippen LogP contribution in [0, 0.1) is 0 Å². The van der Waals surface area contributed by atoms with Crippen LogP contribution in [0.5, 0.6) is 0 Å². The molecule has 5 heteroatoms. The molecule has 0 amide bonds. The lowest BCUT2D eigenvalue weighted by atomic mass is 10.4. The minimum Gasteiger partial charge on any atom is -0.398 e. The number of carbonyl (C=O) groups excluding carboxylic acids is 1. The molecule has 0 aromatic carbocycles. The van der Waals surface area contributed by atoms with Gasteiger partial charge in [-0.1, -0.05) is 39.2 Å². The fourth-order valence-electron chi connectivity index (χ4n) is 1.80. The first-order valence-corrected chi connectivity index (χ1v) is 7.38. The van der Waals surface area contributed by atoms with Gasteiger partial charge in [-0.2, -0.15) is 0 Å². The minimum absolute atomic E-state index is 0.333. The lowest BCUT2D eigenvalue weighted by Gasteiger charge is -2.20.